The highest BCUT2D eigenvalue weighted by Gasteiger charge is 2.17. The van der Waals surface area contributed by atoms with Crippen LogP contribution in [0.15, 0.2) is 89.1 Å². The van der Waals surface area contributed by atoms with Crippen LogP contribution >= 0.6 is 11.8 Å². The molecule has 35 heavy (non-hydrogen) atoms. The molecule has 0 unspecified atom stereocenters. The van der Waals surface area contributed by atoms with Gasteiger partial charge in [-0.25, -0.2) is 5.43 Å². The molecule has 8 nitrogen and oxygen atoms in total. The van der Waals surface area contributed by atoms with E-state index in [-0.39, 0.29) is 11.7 Å². The van der Waals surface area contributed by atoms with E-state index in [9.17, 15) is 4.79 Å². The summed E-state index contributed by atoms with van der Waals surface area (Å²) >= 11 is 1.28. The summed E-state index contributed by atoms with van der Waals surface area (Å²) in [6.07, 6.45) is 1.57. The number of nitrogens with one attached hydrogen (secondary N) is 1. The predicted molar refractivity (Wildman–Crippen MR) is 137 cm³/mol. The largest absolute Gasteiger partial charge is 0.497 e. The Kier molecular flexibility index (Phi) is 8.13. The normalized spacial score (nSPS) is 10.9. The van der Waals surface area contributed by atoms with Crippen molar-refractivity contribution in [3.05, 3.63) is 84.4 Å². The maximum atomic E-state index is 12.5. The molecular formula is C26H25N5O3S. The number of hydrazone groups is 1. The molecule has 0 saturated heterocycles. The van der Waals surface area contributed by atoms with Crippen LogP contribution in [-0.4, -0.2) is 46.4 Å². The van der Waals surface area contributed by atoms with E-state index in [1.807, 2.05) is 90.4 Å². The van der Waals surface area contributed by atoms with Gasteiger partial charge in [0.2, 0.25) is 0 Å². The molecule has 1 amide bonds. The SMILES string of the molecule is CCOc1ccccc1/C=N/NC(=O)CSc1nnc(-c2ccccc2)n1-c1ccc(OC)cc1. The minimum atomic E-state index is -0.259. The lowest BCUT2D eigenvalue weighted by atomic mass is 10.2. The summed E-state index contributed by atoms with van der Waals surface area (Å²) in [5.41, 5.74) is 5.13. The highest BCUT2D eigenvalue weighted by atomic mass is 32.2. The number of benzene rings is 3. The number of aromatic nitrogens is 3. The maximum absolute atomic E-state index is 12.5. The van der Waals surface area contributed by atoms with Crippen LogP contribution < -0.4 is 14.9 Å². The zero-order valence-electron chi connectivity index (χ0n) is 19.4. The first-order chi connectivity index (χ1) is 17.2. The fraction of sp³-hybridized carbons (Fsp3) is 0.154. The third kappa shape index (κ3) is 6.07. The molecule has 3 aromatic carbocycles. The summed E-state index contributed by atoms with van der Waals surface area (Å²) in [4.78, 5) is 12.5. The lowest BCUT2D eigenvalue weighted by molar-refractivity contribution is -0.118. The van der Waals surface area contributed by atoms with Crippen LogP contribution in [0.1, 0.15) is 12.5 Å². The molecular weight excluding hydrogens is 462 g/mol. The van der Waals surface area contributed by atoms with E-state index in [2.05, 4.69) is 20.7 Å². The molecule has 1 heterocycles. The number of methoxy groups -OCH3 is 1. The summed E-state index contributed by atoms with van der Waals surface area (Å²) in [5, 5.41) is 13.4. The summed E-state index contributed by atoms with van der Waals surface area (Å²) in [5.74, 6) is 2.01. The number of nitrogens with zero attached hydrogens (tertiary/aromatic N) is 4. The smallest absolute Gasteiger partial charge is 0.250 e. The monoisotopic (exact) mass is 487 g/mol. The lowest BCUT2D eigenvalue weighted by Gasteiger charge is -2.11. The molecule has 0 saturated carbocycles. The first-order valence-corrected chi connectivity index (χ1v) is 12.0. The van der Waals surface area contributed by atoms with E-state index in [0.717, 1.165) is 22.6 Å². The van der Waals surface area contributed by atoms with Gasteiger partial charge in [-0.1, -0.05) is 54.2 Å². The summed E-state index contributed by atoms with van der Waals surface area (Å²) in [7, 11) is 1.63. The number of hydrogen-bond donors (Lipinski definition) is 1. The predicted octanol–water partition coefficient (Wildman–Crippen LogP) is 4.58. The van der Waals surface area contributed by atoms with Gasteiger partial charge in [-0.15, -0.1) is 10.2 Å². The minimum absolute atomic E-state index is 0.119. The van der Waals surface area contributed by atoms with Crippen molar-refractivity contribution in [2.24, 2.45) is 5.10 Å². The number of amides is 1. The van der Waals surface area contributed by atoms with E-state index >= 15 is 0 Å². The number of carbonyl (C=O) groups is 1. The standard InChI is InChI=1S/C26H25N5O3S/c1-3-34-23-12-8-7-11-20(23)17-27-28-24(32)18-35-26-30-29-25(19-9-5-4-6-10-19)31(26)21-13-15-22(33-2)16-14-21/h4-17H,3,18H2,1-2H3,(H,28,32)/b27-17+. The van der Waals surface area contributed by atoms with E-state index in [1.54, 1.807) is 13.3 Å². The molecule has 0 spiro atoms. The summed E-state index contributed by atoms with van der Waals surface area (Å²) in [6.45, 7) is 2.47. The first kappa shape index (κ1) is 24.0. The Balaban J connectivity index is 1.49. The van der Waals surface area contributed by atoms with Crippen molar-refractivity contribution in [2.45, 2.75) is 12.1 Å². The Morgan fingerprint density at radius 2 is 1.77 bits per heavy atom. The maximum Gasteiger partial charge on any atom is 0.250 e. The fourth-order valence-corrected chi connectivity index (χ4v) is 4.06. The van der Waals surface area contributed by atoms with Crippen LogP contribution in [0.5, 0.6) is 11.5 Å². The van der Waals surface area contributed by atoms with Gasteiger partial charge < -0.3 is 9.47 Å². The van der Waals surface area contributed by atoms with Crippen molar-refractivity contribution in [3.63, 3.8) is 0 Å². The minimum Gasteiger partial charge on any atom is -0.497 e. The fourth-order valence-electron chi connectivity index (χ4n) is 3.31. The van der Waals surface area contributed by atoms with Crippen molar-refractivity contribution >= 4 is 23.9 Å². The second-order valence-electron chi connectivity index (χ2n) is 7.26. The molecule has 1 N–H and O–H groups in total. The molecule has 4 aromatic rings. The third-order valence-corrected chi connectivity index (χ3v) is 5.87. The van der Waals surface area contributed by atoms with Gasteiger partial charge in [0, 0.05) is 16.8 Å². The van der Waals surface area contributed by atoms with E-state index < -0.39 is 0 Å². The highest BCUT2D eigenvalue weighted by molar-refractivity contribution is 7.99. The van der Waals surface area contributed by atoms with Crippen LogP contribution in [0.25, 0.3) is 17.1 Å². The Hall–Kier alpha value is -4.11. The zero-order valence-corrected chi connectivity index (χ0v) is 20.2. The van der Waals surface area contributed by atoms with Gasteiger partial charge >= 0.3 is 0 Å². The second kappa shape index (κ2) is 11.8. The Bertz CT molecular complexity index is 1290. The molecule has 4 rings (SSSR count). The molecule has 1 aromatic heterocycles. The van der Waals surface area contributed by atoms with Gasteiger partial charge in [0.15, 0.2) is 11.0 Å². The van der Waals surface area contributed by atoms with E-state index in [1.165, 1.54) is 11.8 Å². The molecule has 0 bridgehead atoms. The molecule has 0 atom stereocenters. The molecule has 0 aliphatic heterocycles. The zero-order chi connectivity index (χ0) is 24.5. The van der Waals surface area contributed by atoms with Gasteiger partial charge in [-0.2, -0.15) is 5.10 Å². The molecule has 9 heteroatoms. The van der Waals surface area contributed by atoms with Crippen LogP contribution in [0.3, 0.4) is 0 Å². The van der Waals surface area contributed by atoms with Crippen LogP contribution in [0.2, 0.25) is 0 Å². The molecule has 0 aliphatic carbocycles. The lowest BCUT2D eigenvalue weighted by Crippen LogP contribution is -2.20. The van der Waals surface area contributed by atoms with Crippen molar-refractivity contribution in [1.29, 1.82) is 0 Å². The number of para-hydroxylation sites is 1. The Morgan fingerprint density at radius 1 is 1.03 bits per heavy atom. The van der Waals surface area contributed by atoms with Gasteiger partial charge in [0.1, 0.15) is 11.5 Å². The van der Waals surface area contributed by atoms with E-state index in [4.69, 9.17) is 9.47 Å². The van der Waals surface area contributed by atoms with Crippen molar-refractivity contribution < 1.29 is 14.3 Å². The number of rotatable bonds is 10. The van der Waals surface area contributed by atoms with Gasteiger partial charge in [-0.05, 0) is 43.3 Å². The quantitative estimate of drug-likeness (QED) is 0.200. The highest BCUT2D eigenvalue weighted by Crippen LogP contribution is 2.28. The molecule has 0 radical (unpaired) electrons. The van der Waals surface area contributed by atoms with Crippen LogP contribution in [0.4, 0.5) is 0 Å². The average Bonchev–Trinajstić information content (AvgIpc) is 3.33. The molecule has 0 aliphatic rings. The van der Waals surface area contributed by atoms with Crippen molar-refractivity contribution in [1.82, 2.24) is 20.2 Å². The number of hydrogen-bond acceptors (Lipinski definition) is 7. The van der Waals surface area contributed by atoms with Crippen LogP contribution in [-0.2, 0) is 4.79 Å². The van der Waals surface area contributed by atoms with Crippen molar-refractivity contribution in [3.8, 4) is 28.6 Å². The summed E-state index contributed by atoms with van der Waals surface area (Å²) < 4.78 is 12.8. The number of thioether (sulfide) groups is 1. The first-order valence-electron chi connectivity index (χ1n) is 11.0. The van der Waals surface area contributed by atoms with Gasteiger partial charge in [-0.3, -0.25) is 9.36 Å². The summed E-state index contributed by atoms with van der Waals surface area (Å²) in [6, 6.07) is 24.9. The van der Waals surface area contributed by atoms with Gasteiger partial charge in [0.05, 0.1) is 25.7 Å². The van der Waals surface area contributed by atoms with Crippen molar-refractivity contribution in [2.75, 3.05) is 19.5 Å². The van der Waals surface area contributed by atoms with Gasteiger partial charge in [0.25, 0.3) is 5.91 Å². The molecule has 178 valence electrons. The van der Waals surface area contributed by atoms with Crippen LogP contribution in [0, 0.1) is 0 Å². The molecule has 0 fully saturated rings. The second-order valence-corrected chi connectivity index (χ2v) is 8.20. The third-order valence-electron chi connectivity index (χ3n) is 4.94. The van der Waals surface area contributed by atoms with E-state index in [0.29, 0.717) is 23.3 Å². The topological polar surface area (TPSA) is 90.6 Å². The number of ether oxygens (including phenoxy) is 2. The average molecular weight is 488 g/mol. The Morgan fingerprint density at radius 3 is 2.51 bits per heavy atom. The number of carbonyl (C=O) groups excluding carboxylic acids is 1. The Labute approximate surface area is 208 Å².